The molecule has 6 nitrogen and oxygen atoms in total. The lowest BCUT2D eigenvalue weighted by Crippen LogP contribution is -2.34. The molecule has 2 rings (SSSR count). The van der Waals surface area contributed by atoms with Gasteiger partial charge in [0.15, 0.2) is 11.5 Å². The number of hydrogen-bond donors (Lipinski definition) is 2. The van der Waals surface area contributed by atoms with Crippen LogP contribution in [0.3, 0.4) is 0 Å². The molecule has 1 heterocycles. The van der Waals surface area contributed by atoms with Crippen molar-refractivity contribution in [3.8, 4) is 17.2 Å². The molecule has 1 aromatic rings. The van der Waals surface area contributed by atoms with Crippen LogP contribution >= 0.6 is 0 Å². The Bertz CT molecular complexity index is 476. The molecule has 1 amide bonds. The Morgan fingerprint density at radius 3 is 2.79 bits per heavy atom. The number of fused-ring (bicyclic) bond motifs is 1. The lowest BCUT2D eigenvalue weighted by atomic mass is 10.1. The van der Waals surface area contributed by atoms with Gasteiger partial charge in [-0.1, -0.05) is 0 Å². The maximum atomic E-state index is 11.5. The molecule has 0 spiro atoms. The summed E-state index contributed by atoms with van der Waals surface area (Å²) in [5.41, 5.74) is 0.705. The molecule has 0 aliphatic carbocycles. The van der Waals surface area contributed by atoms with Gasteiger partial charge in [0.05, 0.1) is 6.54 Å². The van der Waals surface area contributed by atoms with Crippen molar-refractivity contribution < 1.29 is 19.4 Å². The minimum atomic E-state index is -0.0368. The topological polar surface area (TPSA) is 71.0 Å². The van der Waals surface area contributed by atoms with Crippen molar-refractivity contribution in [3.05, 3.63) is 17.7 Å². The van der Waals surface area contributed by atoms with E-state index in [2.05, 4.69) is 5.32 Å². The molecule has 1 aliphatic rings. The third kappa shape index (κ3) is 3.29. The fourth-order valence-corrected chi connectivity index (χ4v) is 1.94. The first-order chi connectivity index (χ1) is 9.10. The molecule has 1 aliphatic heterocycles. The molecule has 0 bridgehead atoms. The first-order valence-electron chi connectivity index (χ1n) is 6.17. The third-order valence-corrected chi connectivity index (χ3v) is 2.80. The molecule has 0 atom stereocenters. The average Bonchev–Trinajstić information content (AvgIpc) is 2.76. The Morgan fingerprint density at radius 2 is 2.11 bits per heavy atom. The maximum Gasteiger partial charge on any atom is 0.234 e. The van der Waals surface area contributed by atoms with E-state index in [1.54, 1.807) is 6.07 Å². The average molecular weight is 266 g/mol. The molecule has 0 radical (unpaired) electrons. The van der Waals surface area contributed by atoms with Crippen molar-refractivity contribution >= 4 is 5.91 Å². The summed E-state index contributed by atoms with van der Waals surface area (Å²) in [4.78, 5) is 13.3. The zero-order valence-electron chi connectivity index (χ0n) is 11.1. The quantitative estimate of drug-likeness (QED) is 0.820. The van der Waals surface area contributed by atoms with Gasteiger partial charge in [0.25, 0.3) is 0 Å². The van der Waals surface area contributed by atoms with E-state index in [0.717, 1.165) is 0 Å². The molecule has 0 saturated heterocycles. The first kappa shape index (κ1) is 13.5. The van der Waals surface area contributed by atoms with Crippen molar-refractivity contribution in [1.82, 2.24) is 10.2 Å². The molecular weight excluding hydrogens is 248 g/mol. The van der Waals surface area contributed by atoms with Crippen LogP contribution in [0.4, 0.5) is 0 Å². The zero-order chi connectivity index (χ0) is 13.8. The van der Waals surface area contributed by atoms with Crippen molar-refractivity contribution in [3.63, 3.8) is 0 Å². The third-order valence-electron chi connectivity index (χ3n) is 2.80. The van der Waals surface area contributed by atoms with Gasteiger partial charge in [-0.3, -0.25) is 9.69 Å². The van der Waals surface area contributed by atoms with E-state index in [1.807, 2.05) is 18.9 Å². The van der Waals surface area contributed by atoms with Crippen molar-refractivity contribution in [2.75, 3.05) is 26.9 Å². The molecular formula is C13H18N2O4. The van der Waals surface area contributed by atoms with Gasteiger partial charge >= 0.3 is 0 Å². The van der Waals surface area contributed by atoms with E-state index in [1.165, 1.54) is 6.07 Å². The smallest absolute Gasteiger partial charge is 0.234 e. The van der Waals surface area contributed by atoms with Gasteiger partial charge in [0, 0.05) is 24.7 Å². The van der Waals surface area contributed by atoms with Gasteiger partial charge in [0.1, 0.15) is 5.75 Å². The van der Waals surface area contributed by atoms with Crippen LogP contribution in [0.2, 0.25) is 0 Å². The molecule has 2 N–H and O–H groups in total. The van der Waals surface area contributed by atoms with Gasteiger partial charge in [-0.2, -0.15) is 0 Å². The van der Waals surface area contributed by atoms with E-state index >= 15 is 0 Å². The van der Waals surface area contributed by atoms with E-state index in [9.17, 15) is 9.90 Å². The largest absolute Gasteiger partial charge is 0.507 e. The summed E-state index contributed by atoms with van der Waals surface area (Å²) in [7, 11) is 1.82. The number of hydrogen-bond acceptors (Lipinski definition) is 5. The number of phenols is 1. The summed E-state index contributed by atoms with van der Waals surface area (Å²) in [5, 5.41) is 12.6. The highest BCUT2D eigenvalue weighted by molar-refractivity contribution is 5.77. The van der Waals surface area contributed by atoms with E-state index in [4.69, 9.17) is 9.47 Å². The first-order valence-corrected chi connectivity index (χ1v) is 6.17. The molecule has 1 aromatic carbocycles. The highest BCUT2D eigenvalue weighted by Crippen LogP contribution is 2.37. The Morgan fingerprint density at radius 1 is 1.42 bits per heavy atom. The number of nitrogens with one attached hydrogen (secondary N) is 1. The summed E-state index contributed by atoms with van der Waals surface area (Å²) in [6.45, 7) is 3.40. The van der Waals surface area contributed by atoms with E-state index < -0.39 is 0 Å². The van der Waals surface area contributed by atoms with Crippen LogP contribution in [0.15, 0.2) is 12.1 Å². The molecule has 0 aromatic heterocycles. The number of carbonyl (C=O) groups excluding carboxylic acids is 1. The highest BCUT2D eigenvalue weighted by atomic mass is 16.7. The summed E-state index contributed by atoms with van der Waals surface area (Å²) < 4.78 is 10.4. The minimum Gasteiger partial charge on any atom is -0.507 e. The fraction of sp³-hybridized carbons (Fsp3) is 0.462. The molecule has 0 unspecified atom stereocenters. The Kier molecular flexibility index (Phi) is 4.11. The molecule has 19 heavy (non-hydrogen) atoms. The summed E-state index contributed by atoms with van der Waals surface area (Å²) in [5.74, 6) is 1.28. The number of carbonyl (C=O) groups is 1. The summed E-state index contributed by atoms with van der Waals surface area (Å²) in [6.07, 6.45) is 0. The second-order valence-electron chi connectivity index (χ2n) is 4.46. The Hall–Kier alpha value is -1.95. The maximum absolute atomic E-state index is 11.5. The van der Waals surface area contributed by atoms with Gasteiger partial charge in [-0.05, 0) is 20.0 Å². The molecule has 104 valence electrons. The van der Waals surface area contributed by atoms with Gasteiger partial charge in [0.2, 0.25) is 12.7 Å². The lowest BCUT2D eigenvalue weighted by molar-refractivity contribution is -0.121. The standard InChI is InChI=1S/C13H18N2O4/c1-3-14-13(17)7-15(2)6-9-4-11-12(5-10(9)16)19-8-18-11/h4-5,16H,3,6-8H2,1-2H3,(H,14,17). The predicted molar refractivity (Wildman–Crippen MR) is 69.2 cm³/mol. The van der Waals surface area contributed by atoms with Gasteiger partial charge in [-0.25, -0.2) is 0 Å². The number of benzene rings is 1. The number of aromatic hydroxyl groups is 1. The number of nitrogens with zero attached hydrogens (tertiary/aromatic N) is 1. The minimum absolute atomic E-state index is 0.0368. The number of rotatable bonds is 5. The van der Waals surface area contributed by atoms with Crippen LogP contribution in [-0.4, -0.2) is 42.8 Å². The van der Waals surface area contributed by atoms with E-state index in [0.29, 0.717) is 30.2 Å². The predicted octanol–water partition coefficient (Wildman–Crippen LogP) is 0.689. The lowest BCUT2D eigenvalue weighted by Gasteiger charge is -2.17. The number of ether oxygens (including phenoxy) is 2. The number of amides is 1. The number of likely N-dealkylation sites (N-methyl/N-ethyl adjacent to an activating group) is 2. The van der Waals surface area contributed by atoms with Crippen molar-refractivity contribution in [1.29, 1.82) is 0 Å². The van der Waals surface area contributed by atoms with Crippen LogP contribution in [0.1, 0.15) is 12.5 Å². The normalized spacial score (nSPS) is 12.8. The second kappa shape index (κ2) is 5.79. The number of phenolic OH excluding ortho intramolecular Hbond substituents is 1. The Balaban J connectivity index is 2.01. The monoisotopic (exact) mass is 266 g/mol. The van der Waals surface area contributed by atoms with Gasteiger partial charge < -0.3 is 19.9 Å². The van der Waals surface area contributed by atoms with Crippen LogP contribution in [0, 0.1) is 0 Å². The van der Waals surface area contributed by atoms with Gasteiger partial charge in [-0.15, -0.1) is 0 Å². The molecule has 0 saturated carbocycles. The summed E-state index contributed by atoms with van der Waals surface area (Å²) in [6, 6.07) is 3.28. The van der Waals surface area contributed by atoms with Crippen LogP contribution in [0.5, 0.6) is 17.2 Å². The summed E-state index contributed by atoms with van der Waals surface area (Å²) >= 11 is 0. The molecule has 6 heteroatoms. The highest BCUT2D eigenvalue weighted by Gasteiger charge is 2.18. The van der Waals surface area contributed by atoms with Crippen molar-refractivity contribution in [2.24, 2.45) is 0 Å². The molecule has 0 fully saturated rings. The SMILES string of the molecule is CCNC(=O)CN(C)Cc1cc2c(cc1O)OCO2. The van der Waals surface area contributed by atoms with Crippen molar-refractivity contribution in [2.45, 2.75) is 13.5 Å². The van der Waals surface area contributed by atoms with Crippen LogP contribution < -0.4 is 14.8 Å². The van der Waals surface area contributed by atoms with Crippen LogP contribution in [0.25, 0.3) is 0 Å². The Labute approximate surface area is 111 Å². The van der Waals surface area contributed by atoms with Crippen LogP contribution in [-0.2, 0) is 11.3 Å². The van der Waals surface area contributed by atoms with E-state index in [-0.39, 0.29) is 25.0 Å². The zero-order valence-corrected chi connectivity index (χ0v) is 11.1. The fourth-order valence-electron chi connectivity index (χ4n) is 1.94. The second-order valence-corrected chi connectivity index (χ2v) is 4.46.